The Morgan fingerprint density at radius 3 is 3.04 bits per heavy atom. The zero-order valence-corrected chi connectivity index (χ0v) is 13.3. The molecule has 118 valence electrons. The third-order valence-electron chi connectivity index (χ3n) is 3.22. The molecule has 3 aromatic rings. The number of rotatable bonds is 6. The highest BCUT2D eigenvalue weighted by Crippen LogP contribution is 2.16. The van der Waals surface area contributed by atoms with E-state index < -0.39 is 0 Å². The second kappa shape index (κ2) is 7.01. The topological polar surface area (TPSA) is 73.1 Å². The van der Waals surface area contributed by atoms with E-state index in [9.17, 15) is 4.79 Å². The van der Waals surface area contributed by atoms with Gasteiger partial charge in [0, 0.05) is 19.7 Å². The molecule has 1 amide bonds. The number of ether oxygens (including phenoxy) is 1. The number of nitrogens with zero attached hydrogens (tertiary/aromatic N) is 5. The fourth-order valence-corrected chi connectivity index (χ4v) is 2.66. The average Bonchev–Trinajstić information content (AvgIpc) is 3.26. The molecule has 0 saturated carbocycles. The van der Waals surface area contributed by atoms with Crippen molar-refractivity contribution in [3.05, 3.63) is 53.0 Å². The average molecular weight is 329 g/mol. The van der Waals surface area contributed by atoms with Gasteiger partial charge in [-0.1, -0.05) is 6.07 Å². The zero-order chi connectivity index (χ0) is 16.1. The monoisotopic (exact) mass is 329 g/mol. The van der Waals surface area contributed by atoms with Crippen molar-refractivity contribution in [3.63, 3.8) is 0 Å². The Bertz CT molecular complexity index is 758. The van der Waals surface area contributed by atoms with Gasteiger partial charge in [0.05, 0.1) is 5.69 Å². The highest BCUT2D eigenvalue weighted by molar-refractivity contribution is 7.07. The molecule has 23 heavy (non-hydrogen) atoms. The van der Waals surface area contributed by atoms with E-state index in [0.29, 0.717) is 12.3 Å². The van der Waals surface area contributed by atoms with Crippen LogP contribution in [0.3, 0.4) is 0 Å². The first-order valence-electron chi connectivity index (χ1n) is 6.93. The summed E-state index contributed by atoms with van der Waals surface area (Å²) in [5, 5.41) is 15.0. The molecule has 7 nitrogen and oxygen atoms in total. The Morgan fingerprint density at radius 1 is 1.39 bits per heavy atom. The van der Waals surface area contributed by atoms with Gasteiger partial charge in [-0.2, -0.15) is 11.3 Å². The highest BCUT2D eigenvalue weighted by atomic mass is 32.1. The molecule has 8 heteroatoms. The first-order valence-corrected chi connectivity index (χ1v) is 7.88. The number of carbonyl (C=O) groups excluding carboxylic acids is 1. The van der Waals surface area contributed by atoms with E-state index in [1.807, 2.05) is 29.0 Å². The Hall–Kier alpha value is -2.74. The van der Waals surface area contributed by atoms with Crippen molar-refractivity contribution in [3.8, 4) is 11.4 Å². The van der Waals surface area contributed by atoms with Crippen molar-refractivity contribution in [1.82, 2.24) is 25.1 Å². The van der Waals surface area contributed by atoms with Crippen LogP contribution in [0.5, 0.6) is 5.75 Å². The summed E-state index contributed by atoms with van der Waals surface area (Å²) in [5.74, 6) is 0.513. The van der Waals surface area contributed by atoms with E-state index >= 15 is 0 Å². The van der Waals surface area contributed by atoms with Gasteiger partial charge in [0.1, 0.15) is 12.1 Å². The number of aromatic nitrogens is 4. The van der Waals surface area contributed by atoms with Crippen LogP contribution < -0.4 is 4.74 Å². The van der Waals surface area contributed by atoms with E-state index in [1.165, 1.54) is 11.0 Å². The predicted molar refractivity (Wildman–Crippen MR) is 85.4 cm³/mol. The maximum absolute atomic E-state index is 12.1. The highest BCUT2D eigenvalue weighted by Gasteiger charge is 2.11. The van der Waals surface area contributed by atoms with Gasteiger partial charge in [0.2, 0.25) is 0 Å². The first kappa shape index (κ1) is 15.2. The molecule has 2 heterocycles. The molecule has 0 atom stereocenters. The number of benzene rings is 1. The fourth-order valence-electron chi connectivity index (χ4n) is 2.00. The molecule has 0 saturated heterocycles. The Morgan fingerprint density at radius 2 is 2.30 bits per heavy atom. The third-order valence-corrected chi connectivity index (χ3v) is 3.95. The minimum atomic E-state index is -0.0796. The second-order valence-corrected chi connectivity index (χ2v) is 5.70. The number of carbonyl (C=O) groups is 1. The molecule has 0 aliphatic carbocycles. The standard InChI is InChI=1S/C15H15N5O2S/c1-19(8-12-5-6-23-10-12)15(21)9-22-14-4-2-3-13(7-14)20-11-16-17-18-20/h2-7,10-11H,8-9H2,1H3. The lowest BCUT2D eigenvalue weighted by molar-refractivity contribution is -0.132. The summed E-state index contributed by atoms with van der Waals surface area (Å²) in [6.45, 7) is 0.566. The van der Waals surface area contributed by atoms with E-state index in [1.54, 1.807) is 35.4 Å². The lowest BCUT2D eigenvalue weighted by Gasteiger charge is -2.17. The Balaban J connectivity index is 1.57. The number of hydrogen-bond acceptors (Lipinski definition) is 6. The van der Waals surface area contributed by atoms with Gasteiger partial charge in [-0.15, -0.1) is 5.10 Å². The molecule has 0 unspecified atom stereocenters. The lowest BCUT2D eigenvalue weighted by atomic mass is 10.3. The third kappa shape index (κ3) is 3.92. The summed E-state index contributed by atoms with van der Waals surface area (Å²) in [4.78, 5) is 13.8. The number of thiophene rings is 1. The molecule has 0 aliphatic rings. The van der Waals surface area contributed by atoms with Crippen molar-refractivity contribution in [1.29, 1.82) is 0 Å². The van der Waals surface area contributed by atoms with Gasteiger partial charge in [0.25, 0.3) is 5.91 Å². The van der Waals surface area contributed by atoms with Crippen LogP contribution in [0.4, 0.5) is 0 Å². The smallest absolute Gasteiger partial charge is 0.260 e. The van der Waals surface area contributed by atoms with E-state index in [2.05, 4.69) is 15.5 Å². The van der Waals surface area contributed by atoms with E-state index in [0.717, 1.165) is 11.3 Å². The van der Waals surface area contributed by atoms with Crippen molar-refractivity contribution < 1.29 is 9.53 Å². The van der Waals surface area contributed by atoms with Gasteiger partial charge in [-0.05, 0) is 44.9 Å². The molecule has 2 aromatic heterocycles. The molecule has 0 radical (unpaired) electrons. The quantitative estimate of drug-likeness (QED) is 0.689. The zero-order valence-electron chi connectivity index (χ0n) is 12.5. The van der Waals surface area contributed by atoms with Crippen molar-refractivity contribution in [2.45, 2.75) is 6.54 Å². The maximum Gasteiger partial charge on any atom is 0.260 e. The van der Waals surface area contributed by atoms with E-state index in [-0.39, 0.29) is 12.5 Å². The summed E-state index contributed by atoms with van der Waals surface area (Å²) in [6, 6.07) is 9.26. The normalized spacial score (nSPS) is 10.5. The van der Waals surface area contributed by atoms with Crippen LogP contribution in [-0.2, 0) is 11.3 Å². The molecule has 1 aromatic carbocycles. The minimum absolute atomic E-state index is 0.0142. The largest absolute Gasteiger partial charge is 0.484 e. The van der Waals surface area contributed by atoms with Crippen LogP contribution in [0.25, 0.3) is 5.69 Å². The number of hydrogen-bond donors (Lipinski definition) is 0. The molecule has 0 N–H and O–H groups in total. The maximum atomic E-state index is 12.1. The van der Waals surface area contributed by atoms with Crippen LogP contribution >= 0.6 is 11.3 Å². The van der Waals surface area contributed by atoms with Crippen LogP contribution in [0, 0.1) is 0 Å². The number of amides is 1. The molecular formula is C15H15N5O2S. The molecule has 0 fully saturated rings. The van der Waals surface area contributed by atoms with Crippen LogP contribution in [0.2, 0.25) is 0 Å². The van der Waals surface area contributed by atoms with Gasteiger partial charge in [0.15, 0.2) is 6.61 Å². The van der Waals surface area contributed by atoms with Gasteiger partial charge in [-0.25, -0.2) is 4.68 Å². The van der Waals surface area contributed by atoms with Crippen LogP contribution in [-0.4, -0.2) is 44.7 Å². The Kier molecular flexibility index (Phi) is 4.62. The van der Waals surface area contributed by atoms with Crippen molar-refractivity contribution in [2.75, 3.05) is 13.7 Å². The molecule has 0 bridgehead atoms. The van der Waals surface area contributed by atoms with Crippen LogP contribution in [0.15, 0.2) is 47.4 Å². The predicted octanol–water partition coefficient (Wildman–Crippen LogP) is 1.76. The van der Waals surface area contributed by atoms with Crippen LogP contribution in [0.1, 0.15) is 5.56 Å². The molecular weight excluding hydrogens is 314 g/mol. The first-order chi connectivity index (χ1) is 11.2. The summed E-state index contributed by atoms with van der Waals surface area (Å²) in [7, 11) is 1.76. The summed E-state index contributed by atoms with van der Waals surface area (Å²) in [6.07, 6.45) is 1.50. The summed E-state index contributed by atoms with van der Waals surface area (Å²) < 4.78 is 7.10. The minimum Gasteiger partial charge on any atom is -0.484 e. The Labute approximate surface area is 137 Å². The molecule has 0 aliphatic heterocycles. The number of tetrazole rings is 1. The SMILES string of the molecule is CN(Cc1ccsc1)C(=O)COc1cccc(-n2cnnn2)c1. The van der Waals surface area contributed by atoms with Gasteiger partial charge in [-0.3, -0.25) is 4.79 Å². The molecule has 3 rings (SSSR count). The van der Waals surface area contributed by atoms with Crippen molar-refractivity contribution in [2.24, 2.45) is 0 Å². The second-order valence-electron chi connectivity index (χ2n) is 4.92. The van der Waals surface area contributed by atoms with E-state index in [4.69, 9.17) is 4.74 Å². The summed E-state index contributed by atoms with van der Waals surface area (Å²) >= 11 is 1.62. The number of likely N-dealkylation sites (N-methyl/N-ethyl adjacent to an activating group) is 1. The van der Waals surface area contributed by atoms with Gasteiger partial charge >= 0.3 is 0 Å². The lowest BCUT2D eigenvalue weighted by Crippen LogP contribution is -2.30. The van der Waals surface area contributed by atoms with Crippen molar-refractivity contribution >= 4 is 17.2 Å². The fraction of sp³-hybridized carbons (Fsp3) is 0.200. The summed E-state index contributed by atoms with van der Waals surface area (Å²) in [5.41, 5.74) is 1.89. The molecule has 0 spiro atoms. The van der Waals surface area contributed by atoms with Gasteiger partial charge < -0.3 is 9.64 Å².